The van der Waals surface area contributed by atoms with Crippen LogP contribution in [-0.2, 0) is 9.59 Å². The number of hydrogen-bond acceptors (Lipinski definition) is 4. The van der Waals surface area contributed by atoms with E-state index in [0.717, 1.165) is 78.0 Å². The number of aromatic amines is 2. The van der Waals surface area contributed by atoms with Gasteiger partial charge in [0, 0.05) is 64.0 Å². The molecule has 0 saturated heterocycles. The van der Waals surface area contributed by atoms with Crippen LogP contribution in [0.2, 0.25) is 0 Å². The second kappa shape index (κ2) is 12.4. The Hall–Kier alpha value is -4.42. The maximum atomic E-state index is 11.5. The zero-order valence-corrected chi connectivity index (χ0v) is 26.6. The number of H-pyrrole nitrogens is 2. The smallest absolute Gasteiger partial charge is 0.303 e. The molecule has 0 aromatic carbocycles. The predicted molar refractivity (Wildman–Crippen MR) is 175 cm³/mol. The average Bonchev–Trinajstić information content (AvgIpc) is 3.59. The molecule has 0 atom stereocenters. The minimum atomic E-state index is -0.889. The van der Waals surface area contributed by atoms with E-state index in [1.54, 1.807) is 0 Å². The van der Waals surface area contributed by atoms with Crippen LogP contribution in [0.5, 0.6) is 0 Å². The van der Waals surface area contributed by atoms with E-state index in [1.165, 1.54) is 0 Å². The number of carboxylic acid groups (broad SMARTS) is 2. The first-order chi connectivity index (χ1) is 20.0. The van der Waals surface area contributed by atoms with Gasteiger partial charge in [0.1, 0.15) is 0 Å². The van der Waals surface area contributed by atoms with Crippen LogP contribution in [0.1, 0.15) is 84.6 Å². The molecule has 5 rings (SSSR count). The Morgan fingerprint density at radius 2 is 1.07 bits per heavy atom. The standard InChI is InChI=1S/C34H34N4O4.As/c1-7-21-17(3)25-13-26-19(5)23(9-11-33(39)40)31(37-26)16-32-24(10-12-34(41)42)20(6)28(38-32)15-30-22(8-2)18(4)27(36-30)14-29(21)35-25;/h7-8,13-16,35-36H,1-2,9-12H2,3-6H3,(H,39,40)(H,41,42);. The van der Waals surface area contributed by atoms with Gasteiger partial charge in [0.05, 0.1) is 22.8 Å². The van der Waals surface area contributed by atoms with Crippen LogP contribution >= 0.6 is 0 Å². The van der Waals surface area contributed by atoms with Crippen molar-refractivity contribution >= 4 is 86.4 Å². The van der Waals surface area contributed by atoms with Crippen molar-refractivity contribution in [1.82, 2.24) is 19.9 Å². The summed E-state index contributed by atoms with van der Waals surface area (Å²) in [6.45, 7) is 16.1. The second-order valence-corrected chi connectivity index (χ2v) is 10.7. The van der Waals surface area contributed by atoms with E-state index in [4.69, 9.17) is 9.97 Å². The molecule has 2 aliphatic rings. The fourth-order valence-corrected chi connectivity index (χ4v) is 5.77. The molecular formula is C34H34AsN4O4. The van der Waals surface area contributed by atoms with Crippen LogP contribution in [0, 0.1) is 13.8 Å². The number of hydrogen-bond donors (Lipinski definition) is 4. The summed E-state index contributed by atoms with van der Waals surface area (Å²) in [4.78, 5) is 40.0. The summed E-state index contributed by atoms with van der Waals surface area (Å²) >= 11 is 0. The van der Waals surface area contributed by atoms with Crippen molar-refractivity contribution in [2.75, 3.05) is 0 Å². The van der Waals surface area contributed by atoms with Crippen molar-refractivity contribution < 1.29 is 19.8 Å². The van der Waals surface area contributed by atoms with Gasteiger partial charge in [-0.05, 0) is 98.2 Å². The predicted octanol–water partition coefficient (Wildman–Crippen LogP) is 7.43. The topological polar surface area (TPSA) is 132 Å². The Morgan fingerprint density at radius 3 is 1.49 bits per heavy atom. The molecule has 8 bridgehead atoms. The van der Waals surface area contributed by atoms with Gasteiger partial charge in [0.25, 0.3) is 0 Å². The van der Waals surface area contributed by atoms with E-state index < -0.39 is 11.9 Å². The van der Waals surface area contributed by atoms with Crippen LogP contribution < -0.4 is 0 Å². The van der Waals surface area contributed by atoms with E-state index >= 15 is 0 Å². The molecule has 3 aromatic heterocycles. The van der Waals surface area contributed by atoms with Gasteiger partial charge in [-0.25, -0.2) is 9.97 Å². The van der Waals surface area contributed by atoms with Gasteiger partial charge in [-0.2, -0.15) is 0 Å². The largest absolute Gasteiger partial charge is 0.481 e. The zero-order valence-electron chi connectivity index (χ0n) is 24.8. The molecule has 0 spiro atoms. The Kier molecular flexibility index (Phi) is 9.12. The summed E-state index contributed by atoms with van der Waals surface area (Å²) in [6.07, 6.45) is 4.20. The number of fused-ring (bicyclic) bond motifs is 8. The maximum Gasteiger partial charge on any atom is 0.303 e. The van der Waals surface area contributed by atoms with E-state index in [9.17, 15) is 19.8 Å². The number of aromatic nitrogens is 4. The molecule has 3 radical (unpaired) electrons. The molecule has 0 saturated carbocycles. The van der Waals surface area contributed by atoms with Gasteiger partial charge in [0.15, 0.2) is 0 Å². The molecule has 2 aliphatic heterocycles. The number of allylic oxidation sites excluding steroid dienone is 4. The van der Waals surface area contributed by atoms with Crippen molar-refractivity contribution in [3.05, 3.63) is 82.5 Å². The maximum absolute atomic E-state index is 11.5. The molecule has 4 N–H and O–H groups in total. The Balaban J connectivity index is 0.00000423. The normalized spacial score (nSPS) is 12.7. The van der Waals surface area contributed by atoms with Gasteiger partial charge in [-0.15, -0.1) is 0 Å². The second-order valence-electron chi connectivity index (χ2n) is 10.7. The van der Waals surface area contributed by atoms with Gasteiger partial charge in [0.2, 0.25) is 0 Å². The number of nitrogens with zero attached hydrogens (tertiary/aromatic N) is 2. The van der Waals surface area contributed by atoms with Crippen molar-refractivity contribution in [3.63, 3.8) is 0 Å². The SMILES string of the molecule is C=Cc1c(C)c2cc3[nH]c(cc4nc(cc5nc(cc1[nH]2)C(C)=C5CCC(=O)O)C(CCC(=O)O)=C4C)c(C)c3C=C.[As]. The number of nitrogens with one attached hydrogen (secondary N) is 2. The first kappa shape index (κ1) is 31.5. The molecule has 3 aromatic rings. The number of aryl methyl sites for hydroxylation is 2. The van der Waals surface area contributed by atoms with Gasteiger partial charge >= 0.3 is 11.9 Å². The number of carbonyl (C=O) groups is 2. The fourth-order valence-electron chi connectivity index (χ4n) is 5.77. The molecule has 43 heavy (non-hydrogen) atoms. The van der Waals surface area contributed by atoms with Gasteiger partial charge < -0.3 is 20.2 Å². The van der Waals surface area contributed by atoms with Gasteiger partial charge in [-0.1, -0.05) is 25.3 Å². The third-order valence-electron chi connectivity index (χ3n) is 8.22. The van der Waals surface area contributed by atoms with E-state index in [2.05, 4.69) is 29.2 Å². The van der Waals surface area contributed by atoms with Crippen molar-refractivity contribution in [1.29, 1.82) is 0 Å². The first-order valence-corrected chi connectivity index (χ1v) is 13.9. The summed E-state index contributed by atoms with van der Waals surface area (Å²) in [6, 6.07) is 7.88. The molecule has 5 heterocycles. The molecule has 0 amide bonds. The number of rotatable bonds is 8. The summed E-state index contributed by atoms with van der Waals surface area (Å²) < 4.78 is 0. The first-order valence-electron chi connectivity index (χ1n) is 13.9. The summed E-state index contributed by atoms with van der Waals surface area (Å²) in [5.41, 5.74) is 13.7. The van der Waals surface area contributed by atoms with Crippen LogP contribution in [-0.4, -0.2) is 60.0 Å². The molecule has 0 unspecified atom stereocenters. The quantitative estimate of drug-likeness (QED) is 0.190. The molecular weight excluding hydrogens is 603 g/mol. The molecule has 9 heteroatoms. The van der Waals surface area contributed by atoms with Crippen molar-refractivity contribution in [2.45, 2.75) is 53.4 Å². The Labute approximate surface area is 261 Å². The molecule has 219 valence electrons. The van der Waals surface area contributed by atoms with E-state index in [-0.39, 0.29) is 30.8 Å². The number of carboxylic acids is 2. The third-order valence-corrected chi connectivity index (χ3v) is 8.22. The minimum Gasteiger partial charge on any atom is -0.481 e. The van der Waals surface area contributed by atoms with Crippen LogP contribution in [0.25, 0.3) is 56.5 Å². The Morgan fingerprint density at radius 1 is 0.674 bits per heavy atom. The summed E-state index contributed by atoms with van der Waals surface area (Å²) in [5, 5.41) is 18.9. The summed E-state index contributed by atoms with van der Waals surface area (Å²) in [7, 11) is 0. The van der Waals surface area contributed by atoms with Crippen LogP contribution in [0.3, 0.4) is 0 Å². The third kappa shape index (κ3) is 5.93. The zero-order chi connectivity index (χ0) is 30.3. The van der Waals surface area contributed by atoms with E-state index in [0.29, 0.717) is 24.2 Å². The minimum absolute atomic E-state index is 0. The van der Waals surface area contributed by atoms with E-state index in [1.807, 2.05) is 58.0 Å². The average molecular weight is 638 g/mol. The summed E-state index contributed by atoms with van der Waals surface area (Å²) in [5.74, 6) is -1.78. The van der Waals surface area contributed by atoms with Crippen molar-refractivity contribution in [2.24, 2.45) is 0 Å². The van der Waals surface area contributed by atoms with Crippen molar-refractivity contribution in [3.8, 4) is 0 Å². The van der Waals surface area contributed by atoms with Crippen LogP contribution in [0.4, 0.5) is 0 Å². The van der Waals surface area contributed by atoms with Crippen LogP contribution in [0.15, 0.2) is 37.4 Å². The molecule has 0 aliphatic carbocycles. The van der Waals surface area contributed by atoms with Gasteiger partial charge in [-0.3, -0.25) is 9.59 Å². The fraction of sp³-hybridized carbons (Fsp3) is 0.235. The Bertz CT molecular complexity index is 1920. The number of aliphatic carboxylic acids is 2. The monoisotopic (exact) mass is 637 g/mol. The molecule has 8 nitrogen and oxygen atoms in total. The molecule has 0 fully saturated rings.